The van der Waals surface area contributed by atoms with Crippen LogP contribution >= 0.6 is 22.9 Å². The zero-order valence-electron chi connectivity index (χ0n) is 9.48. The first-order valence-corrected chi connectivity index (χ1v) is 6.57. The number of hydrogen-bond donors (Lipinski definition) is 2. The average Bonchev–Trinajstić information content (AvgIpc) is 2.79. The molecule has 90 valence electrons. The molecule has 0 saturated carbocycles. The number of nitrogens with zero attached hydrogens (tertiary/aromatic N) is 1. The topological polar surface area (TPSA) is 50.9 Å². The molecule has 5 heteroatoms. The number of aromatic nitrogens is 1. The standard InChI is InChI=1S/C12H14ClN3S/c1-8-6-9(13)2-3-10(8)11(16-14)7-12-15-4-5-17-12/h2-6,11,16H,7,14H2,1H3. The molecule has 3 N–H and O–H groups in total. The van der Waals surface area contributed by atoms with Crippen molar-refractivity contribution in [1.29, 1.82) is 0 Å². The van der Waals surface area contributed by atoms with Gasteiger partial charge < -0.3 is 0 Å². The molecule has 1 unspecified atom stereocenters. The van der Waals surface area contributed by atoms with Crippen LogP contribution in [0.4, 0.5) is 0 Å². The lowest BCUT2D eigenvalue weighted by molar-refractivity contribution is 0.548. The highest BCUT2D eigenvalue weighted by Gasteiger charge is 2.14. The molecular weight excluding hydrogens is 254 g/mol. The molecule has 3 nitrogen and oxygen atoms in total. The van der Waals surface area contributed by atoms with E-state index in [1.54, 1.807) is 11.3 Å². The van der Waals surface area contributed by atoms with Gasteiger partial charge in [-0.05, 0) is 30.2 Å². The van der Waals surface area contributed by atoms with Crippen molar-refractivity contribution in [2.45, 2.75) is 19.4 Å². The van der Waals surface area contributed by atoms with Gasteiger partial charge in [0.1, 0.15) is 0 Å². The molecule has 0 fully saturated rings. The third kappa shape index (κ3) is 3.04. The molecule has 1 aromatic heterocycles. The first-order chi connectivity index (χ1) is 8.20. The van der Waals surface area contributed by atoms with E-state index in [0.717, 1.165) is 27.6 Å². The molecule has 0 aliphatic heterocycles. The number of hydrogen-bond acceptors (Lipinski definition) is 4. The SMILES string of the molecule is Cc1cc(Cl)ccc1C(Cc1nccs1)NN. The van der Waals surface area contributed by atoms with Crippen molar-refractivity contribution in [3.63, 3.8) is 0 Å². The second-order valence-corrected chi connectivity index (χ2v) is 5.27. The molecule has 2 rings (SSSR count). The largest absolute Gasteiger partial charge is 0.271 e. The second-order valence-electron chi connectivity index (χ2n) is 3.85. The lowest BCUT2D eigenvalue weighted by atomic mass is 9.99. The molecule has 1 aromatic carbocycles. The summed E-state index contributed by atoms with van der Waals surface area (Å²) in [5, 5.41) is 3.79. The van der Waals surface area contributed by atoms with Crippen molar-refractivity contribution in [1.82, 2.24) is 10.4 Å². The van der Waals surface area contributed by atoms with Gasteiger partial charge in [-0.3, -0.25) is 11.3 Å². The Hall–Kier alpha value is -0.940. The maximum atomic E-state index is 5.95. The van der Waals surface area contributed by atoms with E-state index in [2.05, 4.69) is 10.4 Å². The summed E-state index contributed by atoms with van der Waals surface area (Å²) < 4.78 is 0. The number of nitrogens with two attached hydrogens (primary N) is 1. The van der Waals surface area contributed by atoms with Gasteiger partial charge in [0, 0.05) is 23.0 Å². The van der Waals surface area contributed by atoms with Gasteiger partial charge in [0.25, 0.3) is 0 Å². The van der Waals surface area contributed by atoms with Crippen LogP contribution in [0.2, 0.25) is 5.02 Å². The molecule has 0 bridgehead atoms. The van der Waals surface area contributed by atoms with Gasteiger partial charge in [-0.15, -0.1) is 11.3 Å². The highest BCUT2D eigenvalue weighted by atomic mass is 35.5. The molecule has 0 aliphatic rings. The second kappa shape index (κ2) is 5.60. The number of hydrazine groups is 1. The minimum absolute atomic E-state index is 0.0680. The lowest BCUT2D eigenvalue weighted by Crippen LogP contribution is -2.30. The van der Waals surface area contributed by atoms with E-state index >= 15 is 0 Å². The molecule has 0 saturated heterocycles. The lowest BCUT2D eigenvalue weighted by Gasteiger charge is -2.17. The first-order valence-electron chi connectivity index (χ1n) is 5.31. The van der Waals surface area contributed by atoms with E-state index in [9.17, 15) is 0 Å². The normalized spacial score (nSPS) is 12.6. The van der Waals surface area contributed by atoms with Crippen molar-refractivity contribution < 1.29 is 0 Å². The average molecular weight is 268 g/mol. The smallest absolute Gasteiger partial charge is 0.0944 e. The van der Waals surface area contributed by atoms with E-state index in [1.807, 2.05) is 36.7 Å². The zero-order chi connectivity index (χ0) is 12.3. The summed E-state index contributed by atoms with van der Waals surface area (Å²) in [7, 11) is 0. The van der Waals surface area contributed by atoms with Crippen LogP contribution in [0.25, 0.3) is 0 Å². The summed E-state index contributed by atoms with van der Waals surface area (Å²) in [6, 6.07) is 5.91. The molecule has 0 radical (unpaired) electrons. The van der Waals surface area contributed by atoms with Crippen molar-refractivity contribution in [3.8, 4) is 0 Å². The van der Waals surface area contributed by atoms with Crippen LogP contribution in [0, 0.1) is 6.92 Å². The Bertz CT molecular complexity index is 485. The quantitative estimate of drug-likeness (QED) is 0.662. The molecule has 0 amide bonds. The van der Waals surface area contributed by atoms with Crippen LogP contribution in [0.15, 0.2) is 29.8 Å². The predicted octanol–water partition coefficient (Wildman–Crippen LogP) is 2.85. The molecule has 0 spiro atoms. The summed E-state index contributed by atoms with van der Waals surface area (Å²) in [6.45, 7) is 2.04. The number of benzene rings is 1. The zero-order valence-corrected chi connectivity index (χ0v) is 11.1. The number of nitrogens with one attached hydrogen (secondary N) is 1. The minimum Gasteiger partial charge on any atom is -0.271 e. The molecule has 17 heavy (non-hydrogen) atoms. The number of aryl methyl sites for hydroxylation is 1. The summed E-state index contributed by atoms with van der Waals surface area (Å²) in [6.07, 6.45) is 2.60. The van der Waals surface area contributed by atoms with Crippen LogP contribution in [-0.2, 0) is 6.42 Å². The molecule has 0 aliphatic carbocycles. The summed E-state index contributed by atoms with van der Waals surface area (Å²) in [4.78, 5) is 4.27. The van der Waals surface area contributed by atoms with Gasteiger partial charge >= 0.3 is 0 Å². The van der Waals surface area contributed by atoms with Crippen molar-refractivity contribution >= 4 is 22.9 Å². The van der Waals surface area contributed by atoms with Gasteiger partial charge in [0.15, 0.2) is 0 Å². The van der Waals surface area contributed by atoms with Gasteiger partial charge in [0.2, 0.25) is 0 Å². The summed E-state index contributed by atoms with van der Waals surface area (Å²) >= 11 is 7.58. The number of halogens is 1. The summed E-state index contributed by atoms with van der Waals surface area (Å²) in [5.74, 6) is 5.62. The van der Waals surface area contributed by atoms with Gasteiger partial charge in [-0.25, -0.2) is 4.98 Å². The predicted molar refractivity (Wildman–Crippen MR) is 72.1 cm³/mol. The van der Waals surface area contributed by atoms with Crippen LogP contribution < -0.4 is 11.3 Å². The van der Waals surface area contributed by atoms with E-state index in [-0.39, 0.29) is 6.04 Å². The Balaban J connectivity index is 2.23. The van der Waals surface area contributed by atoms with E-state index in [4.69, 9.17) is 17.4 Å². The van der Waals surface area contributed by atoms with Crippen molar-refractivity contribution in [2.75, 3.05) is 0 Å². The Morgan fingerprint density at radius 2 is 2.35 bits per heavy atom. The highest BCUT2D eigenvalue weighted by molar-refractivity contribution is 7.09. The van der Waals surface area contributed by atoms with Crippen LogP contribution in [0.3, 0.4) is 0 Å². The Morgan fingerprint density at radius 3 is 2.94 bits per heavy atom. The molecule has 1 atom stereocenters. The number of rotatable bonds is 4. The third-order valence-corrected chi connectivity index (χ3v) is 3.71. The molecular formula is C12H14ClN3S. The fourth-order valence-electron chi connectivity index (χ4n) is 1.82. The summed E-state index contributed by atoms with van der Waals surface area (Å²) in [5.41, 5.74) is 5.14. The Labute approximate surface area is 110 Å². The van der Waals surface area contributed by atoms with Gasteiger partial charge in [-0.2, -0.15) is 0 Å². The van der Waals surface area contributed by atoms with Gasteiger partial charge in [0.05, 0.1) is 11.0 Å². The minimum atomic E-state index is 0.0680. The van der Waals surface area contributed by atoms with Crippen LogP contribution in [0.1, 0.15) is 22.2 Å². The third-order valence-electron chi connectivity index (χ3n) is 2.67. The number of thiazole rings is 1. The van der Waals surface area contributed by atoms with Gasteiger partial charge in [-0.1, -0.05) is 17.7 Å². The fraction of sp³-hybridized carbons (Fsp3) is 0.250. The highest BCUT2D eigenvalue weighted by Crippen LogP contribution is 2.24. The maximum Gasteiger partial charge on any atom is 0.0944 e. The fourth-order valence-corrected chi connectivity index (χ4v) is 2.71. The Morgan fingerprint density at radius 1 is 1.53 bits per heavy atom. The van der Waals surface area contributed by atoms with Crippen LogP contribution in [-0.4, -0.2) is 4.98 Å². The monoisotopic (exact) mass is 267 g/mol. The van der Waals surface area contributed by atoms with Crippen molar-refractivity contribution in [3.05, 3.63) is 50.9 Å². The molecule has 1 heterocycles. The molecule has 2 aromatic rings. The van der Waals surface area contributed by atoms with Crippen LogP contribution in [0.5, 0.6) is 0 Å². The Kier molecular flexibility index (Phi) is 4.12. The maximum absolute atomic E-state index is 5.95. The van der Waals surface area contributed by atoms with E-state index < -0.39 is 0 Å². The van der Waals surface area contributed by atoms with Crippen molar-refractivity contribution in [2.24, 2.45) is 5.84 Å². The van der Waals surface area contributed by atoms with E-state index in [1.165, 1.54) is 0 Å². The van der Waals surface area contributed by atoms with E-state index in [0.29, 0.717) is 0 Å². The first kappa shape index (κ1) is 12.5.